The number of hydrogen-bond donors (Lipinski definition) is 2. The van der Waals surface area contributed by atoms with Gasteiger partial charge in [-0.1, -0.05) is 54.1 Å². The number of halogens is 1. The first-order valence-corrected chi connectivity index (χ1v) is 10.2. The number of hydrogen-bond acceptors (Lipinski definition) is 4. The molecule has 0 unspecified atom stereocenters. The minimum atomic E-state index is -0.940. The van der Waals surface area contributed by atoms with Gasteiger partial charge < -0.3 is 5.11 Å². The lowest BCUT2D eigenvalue weighted by Crippen LogP contribution is -2.00. The first-order chi connectivity index (χ1) is 14.0. The van der Waals surface area contributed by atoms with E-state index in [0.29, 0.717) is 17.2 Å². The van der Waals surface area contributed by atoms with Gasteiger partial charge in [0.05, 0.1) is 17.0 Å². The molecule has 0 atom stereocenters. The van der Waals surface area contributed by atoms with Gasteiger partial charge in [-0.25, -0.2) is 10.7 Å². The lowest BCUT2D eigenvalue weighted by molar-refractivity contribution is 0.0700. The summed E-state index contributed by atoms with van der Waals surface area (Å²) in [4.78, 5) is 17.7. The maximum Gasteiger partial charge on any atom is 0.337 e. The Kier molecular flexibility index (Phi) is 5.39. The molecule has 6 heteroatoms. The molecule has 29 heavy (non-hydrogen) atoms. The normalized spacial score (nSPS) is 11.1. The van der Waals surface area contributed by atoms with Gasteiger partial charge in [-0.15, -0.1) is 11.3 Å². The quantitative estimate of drug-likeness (QED) is 0.370. The van der Waals surface area contributed by atoms with Crippen LogP contribution in [0.25, 0.3) is 31.7 Å². The minimum Gasteiger partial charge on any atom is -0.478 e. The molecule has 0 fully saturated rings. The van der Waals surface area contributed by atoms with Crippen molar-refractivity contribution in [3.05, 3.63) is 82.4 Å². The number of carboxylic acids is 1. The summed E-state index contributed by atoms with van der Waals surface area (Å²) in [6.07, 6.45) is 0. The lowest BCUT2D eigenvalue weighted by atomic mass is 9.97. The van der Waals surface area contributed by atoms with Crippen LogP contribution in [0.5, 0.6) is 0 Å². The molecular weight excluding hydrogens is 406 g/mol. The molecule has 0 radical (unpaired) electrons. The van der Waals surface area contributed by atoms with Crippen LogP contribution in [0.3, 0.4) is 0 Å². The third-order valence-corrected chi connectivity index (χ3v) is 6.33. The molecule has 1 heterocycles. The summed E-state index contributed by atoms with van der Waals surface area (Å²) in [6.45, 7) is 2.24. The molecular formula is C23H18ClNO3S. The highest BCUT2D eigenvalue weighted by atomic mass is 35.5. The van der Waals surface area contributed by atoms with Crippen LogP contribution in [0.4, 0.5) is 0 Å². The summed E-state index contributed by atoms with van der Waals surface area (Å²) < 4.78 is 0.910. The van der Waals surface area contributed by atoms with Crippen molar-refractivity contribution < 1.29 is 14.7 Å². The van der Waals surface area contributed by atoms with Gasteiger partial charge in [-0.05, 0) is 52.9 Å². The van der Waals surface area contributed by atoms with Gasteiger partial charge in [0.1, 0.15) is 0 Å². The van der Waals surface area contributed by atoms with Gasteiger partial charge >= 0.3 is 5.97 Å². The zero-order chi connectivity index (χ0) is 20.5. The van der Waals surface area contributed by atoms with Crippen molar-refractivity contribution in [3.8, 4) is 21.6 Å². The smallest absolute Gasteiger partial charge is 0.337 e. The SMILES string of the molecule is Cc1cc(Cl)ccc1-c1sc2cc(-c3ccccc3CON)ccc2c1C(=O)O. The zero-order valence-electron chi connectivity index (χ0n) is 15.6. The third-order valence-electron chi connectivity index (χ3n) is 4.90. The van der Waals surface area contributed by atoms with Crippen LogP contribution in [0.15, 0.2) is 60.7 Å². The van der Waals surface area contributed by atoms with Crippen LogP contribution in [0, 0.1) is 6.92 Å². The fraction of sp³-hybridized carbons (Fsp3) is 0.0870. The van der Waals surface area contributed by atoms with Crippen molar-refractivity contribution in [2.45, 2.75) is 13.5 Å². The number of thiophene rings is 1. The van der Waals surface area contributed by atoms with Crippen molar-refractivity contribution in [2.75, 3.05) is 0 Å². The van der Waals surface area contributed by atoms with E-state index in [2.05, 4.69) is 0 Å². The number of benzene rings is 3. The molecule has 4 rings (SSSR count). The van der Waals surface area contributed by atoms with Gasteiger partial charge in [0.15, 0.2) is 0 Å². The number of aryl methyl sites for hydroxylation is 1. The second-order valence-electron chi connectivity index (χ2n) is 6.75. The number of aromatic carboxylic acids is 1. The molecule has 4 aromatic rings. The lowest BCUT2D eigenvalue weighted by Gasteiger charge is -2.08. The second kappa shape index (κ2) is 7.97. The van der Waals surface area contributed by atoms with Crippen molar-refractivity contribution in [3.63, 3.8) is 0 Å². The molecule has 0 amide bonds. The van der Waals surface area contributed by atoms with Crippen LogP contribution in [-0.4, -0.2) is 11.1 Å². The average Bonchev–Trinajstić information content (AvgIpc) is 3.07. The molecule has 0 aliphatic carbocycles. The average molecular weight is 424 g/mol. The van der Waals surface area contributed by atoms with E-state index in [1.54, 1.807) is 6.07 Å². The van der Waals surface area contributed by atoms with E-state index in [4.69, 9.17) is 22.3 Å². The Morgan fingerprint density at radius 2 is 1.90 bits per heavy atom. The van der Waals surface area contributed by atoms with Crippen LogP contribution < -0.4 is 5.90 Å². The Balaban J connectivity index is 1.92. The van der Waals surface area contributed by atoms with Gasteiger partial charge in [0.25, 0.3) is 0 Å². The Morgan fingerprint density at radius 1 is 1.10 bits per heavy atom. The summed E-state index contributed by atoms with van der Waals surface area (Å²) in [5, 5.41) is 11.3. The second-order valence-corrected chi connectivity index (χ2v) is 8.24. The number of carbonyl (C=O) groups is 1. The van der Waals surface area contributed by atoms with Gasteiger partial charge in [0.2, 0.25) is 0 Å². The minimum absolute atomic E-state index is 0.300. The van der Waals surface area contributed by atoms with E-state index in [1.165, 1.54) is 11.3 Å². The van der Waals surface area contributed by atoms with Gasteiger partial charge in [0, 0.05) is 15.1 Å². The van der Waals surface area contributed by atoms with Crippen LogP contribution in [0.2, 0.25) is 5.02 Å². The Bertz CT molecular complexity index is 1230. The van der Waals surface area contributed by atoms with Crippen molar-refractivity contribution in [2.24, 2.45) is 5.90 Å². The number of carboxylic acid groups (broad SMARTS) is 1. The monoisotopic (exact) mass is 423 g/mol. The van der Waals surface area contributed by atoms with E-state index < -0.39 is 5.97 Å². The standard InChI is InChI=1S/C23H18ClNO3S/c1-13-10-16(24)7-9-17(13)22-21(23(26)27)19-8-6-14(11-20(19)29-22)18-5-3-2-4-15(18)12-28-25/h2-11H,12,25H2,1H3,(H,26,27). The van der Waals surface area contributed by atoms with E-state index in [1.807, 2.05) is 61.5 Å². The van der Waals surface area contributed by atoms with E-state index in [0.717, 1.165) is 42.8 Å². The molecule has 146 valence electrons. The summed E-state index contributed by atoms with van der Waals surface area (Å²) in [5.41, 5.74) is 5.11. The molecule has 0 spiro atoms. The molecule has 3 N–H and O–H groups in total. The van der Waals surface area contributed by atoms with Crippen molar-refractivity contribution >= 4 is 39.0 Å². The highest BCUT2D eigenvalue weighted by Crippen LogP contribution is 2.42. The van der Waals surface area contributed by atoms with Gasteiger partial charge in [-0.2, -0.15) is 0 Å². The Hall–Kier alpha value is -2.70. The number of rotatable bonds is 5. The molecule has 4 nitrogen and oxygen atoms in total. The van der Waals surface area contributed by atoms with Crippen LogP contribution >= 0.6 is 22.9 Å². The van der Waals surface area contributed by atoms with E-state index in [-0.39, 0.29) is 0 Å². The topological polar surface area (TPSA) is 72.5 Å². The van der Waals surface area contributed by atoms with E-state index >= 15 is 0 Å². The molecule has 1 aromatic heterocycles. The van der Waals surface area contributed by atoms with Crippen molar-refractivity contribution in [1.29, 1.82) is 0 Å². The predicted octanol–water partition coefficient (Wildman–Crippen LogP) is 6.29. The molecule has 0 bridgehead atoms. The highest BCUT2D eigenvalue weighted by Gasteiger charge is 2.21. The number of fused-ring (bicyclic) bond motifs is 1. The van der Waals surface area contributed by atoms with Crippen molar-refractivity contribution in [1.82, 2.24) is 0 Å². The fourth-order valence-electron chi connectivity index (χ4n) is 3.57. The third kappa shape index (κ3) is 3.66. The summed E-state index contributed by atoms with van der Waals surface area (Å²) in [5.74, 6) is 4.33. The largest absolute Gasteiger partial charge is 0.478 e. The Labute approximate surface area is 177 Å². The molecule has 0 saturated carbocycles. The molecule has 0 aliphatic rings. The Morgan fingerprint density at radius 3 is 2.62 bits per heavy atom. The summed E-state index contributed by atoms with van der Waals surface area (Å²) in [6, 6.07) is 19.2. The van der Waals surface area contributed by atoms with Crippen LogP contribution in [-0.2, 0) is 11.4 Å². The highest BCUT2D eigenvalue weighted by molar-refractivity contribution is 7.22. The fourth-order valence-corrected chi connectivity index (χ4v) is 5.12. The van der Waals surface area contributed by atoms with E-state index in [9.17, 15) is 9.90 Å². The zero-order valence-corrected chi connectivity index (χ0v) is 17.2. The molecule has 0 aliphatic heterocycles. The maximum absolute atomic E-state index is 12.1. The summed E-state index contributed by atoms with van der Waals surface area (Å²) in [7, 11) is 0. The first kappa shape index (κ1) is 19.6. The van der Waals surface area contributed by atoms with Crippen LogP contribution in [0.1, 0.15) is 21.5 Å². The van der Waals surface area contributed by atoms with Gasteiger partial charge in [-0.3, -0.25) is 4.84 Å². The summed E-state index contributed by atoms with van der Waals surface area (Å²) >= 11 is 7.56. The maximum atomic E-state index is 12.1. The number of nitrogens with two attached hydrogens (primary N) is 1. The molecule has 3 aromatic carbocycles. The first-order valence-electron chi connectivity index (χ1n) is 8.96. The predicted molar refractivity (Wildman–Crippen MR) is 118 cm³/mol. The molecule has 0 saturated heterocycles.